The average Bonchev–Trinajstić information content (AvgIpc) is 2.82. The summed E-state index contributed by atoms with van der Waals surface area (Å²) in [5.74, 6) is -1.23. The van der Waals surface area contributed by atoms with Crippen LogP contribution in [0.3, 0.4) is 0 Å². The molecule has 1 atom stereocenters. The number of nitro groups is 1. The first-order valence-electron chi connectivity index (χ1n) is 7.32. The van der Waals surface area contributed by atoms with E-state index in [9.17, 15) is 14.9 Å². The lowest BCUT2D eigenvalue weighted by Gasteiger charge is -2.26. The van der Waals surface area contributed by atoms with Crippen molar-refractivity contribution in [3.63, 3.8) is 0 Å². The van der Waals surface area contributed by atoms with Crippen LogP contribution in [0.15, 0.2) is 34.1 Å². The van der Waals surface area contributed by atoms with E-state index in [1.165, 1.54) is 11.3 Å². The van der Waals surface area contributed by atoms with Crippen LogP contribution in [0.4, 0.5) is 0 Å². The van der Waals surface area contributed by atoms with E-state index in [1.54, 1.807) is 27.7 Å². The molecule has 1 aliphatic rings. The summed E-state index contributed by atoms with van der Waals surface area (Å²) in [6, 6.07) is 1.90. The summed E-state index contributed by atoms with van der Waals surface area (Å²) in [5, 5.41) is 16.4. The summed E-state index contributed by atoms with van der Waals surface area (Å²) in [6.07, 6.45) is -0.293. The van der Waals surface area contributed by atoms with E-state index in [4.69, 9.17) is 4.74 Å². The van der Waals surface area contributed by atoms with Crippen LogP contribution in [-0.2, 0) is 9.53 Å². The first kappa shape index (κ1) is 17.2. The third-order valence-corrected chi connectivity index (χ3v) is 4.73. The number of carbonyl (C=O) groups is 1. The smallest absolute Gasteiger partial charge is 0.337 e. The van der Waals surface area contributed by atoms with Gasteiger partial charge in [-0.1, -0.05) is 0 Å². The van der Waals surface area contributed by atoms with Crippen LogP contribution in [-0.4, -0.2) is 17.0 Å². The lowest BCUT2D eigenvalue weighted by atomic mass is 9.87. The molecule has 7 heteroatoms. The number of hydrogen-bond donors (Lipinski definition) is 1. The van der Waals surface area contributed by atoms with E-state index < -0.39 is 16.8 Å². The molecule has 0 saturated heterocycles. The summed E-state index contributed by atoms with van der Waals surface area (Å²) in [5.41, 5.74) is 2.28. The highest BCUT2D eigenvalue weighted by Crippen LogP contribution is 2.42. The van der Waals surface area contributed by atoms with E-state index in [0.717, 1.165) is 10.4 Å². The highest BCUT2D eigenvalue weighted by Gasteiger charge is 2.42. The van der Waals surface area contributed by atoms with E-state index in [-0.39, 0.29) is 11.8 Å². The quantitative estimate of drug-likeness (QED) is 0.517. The fourth-order valence-electron chi connectivity index (χ4n) is 2.71. The molecule has 1 unspecified atom stereocenters. The Morgan fingerprint density at radius 2 is 2.00 bits per heavy atom. The molecule has 0 bridgehead atoms. The Balaban J connectivity index is 2.62. The average molecular weight is 336 g/mol. The number of ether oxygens (including phenoxy) is 1. The van der Waals surface area contributed by atoms with Gasteiger partial charge in [-0.25, -0.2) is 4.79 Å². The first-order chi connectivity index (χ1) is 10.7. The molecule has 2 rings (SSSR count). The second-order valence-corrected chi connectivity index (χ2v) is 6.73. The van der Waals surface area contributed by atoms with Crippen LogP contribution in [0.25, 0.3) is 0 Å². The molecule has 0 radical (unpaired) electrons. The number of aryl methyl sites for hydroxylation is 1. The first-order valence-corrected chi connectivity index (χ1v) is 8.19. The highest BCUT2D eigenvalue weighted by atomic mass is 32.1. The Morgan fingerprint density at radius 1 is 1.35 bits per heavy atom. The monoisotopic (exact) mass is 336 g/mol. The van der Waals surface area contributed by atoms with E-state index in [0.29, 0.717) is 17.0 Å². The molecule has 1 aromatic heterocycles. The second kappa shape index (κ2) is 6.54. The standard InChI is InChI=1S/C16H20N2O4S/c1-8(2)22-16(19)12-10(4)17-11(5)14(18(20)21)13(12)15-9(3)6-7-23-15/h6-8,13,17H,1-5H3. The number of rotatable bonds is 4. The molecule has 124 valence electrons. The van der Waals surface area contributed by atoms with Gasteiger partial charge in [0.1, 0.15) is 5.92 Å². The number of thiophene rings is 1. The number of dihydropyridines is 1. The fourth-order valence-corrected chi connectivity index (χ4v) is 3.75. The maximum Gasteiger partial charge on any atom is 0.337 e. The molecular formula is C16H20N2O4S. The molecule has 23 heavy (non-hydrogen) atoms. The summed E-state index contributed by atoms with van der Waals surface area (Å²) < 4.78 is 5.31. The predicted octanol–water partition coefficient (Wildman–Crippen LogP) is 3.48. The van der Waals surface area contributed by atoms with Gasteiger partial charge < -0.3 is 10.1 Å². The normalized spacial score (nSPS) is 18.3. The van der Waals surface area contributed by atoms with Crippen LogP contribution in [0.5, 0.6) is 0 Å². The maximum atomic E-state index is 12.6. The fraction of sp³-hybridized carbons (Fsp3) is 0.438. The van der Waals surface area contributed by atoms with Gasteiger partial charge in [0.15, 0.2) is 0 Å². The molecule has 2 heterocycles. The van der Waals surface area contributed by atoms with Gasteiger partial charge >= 0.3 is 5.97 Å². The van der Waals surface area contributed by atoms with Gasteiger partial charge in [0.2, 0.25) is 0 Å². The minimum Gasteiger partial charge on any atom is -0.460 e. The zero-order valence-electron chi connectivity index (χ0n) is 13.8. The van der Waals surface area contributed by atoms with Crippen molar-refractivity contribution in [2.24, 2.45) is 0 Å². The van der Waals surface area contributed by atoms with Gasteiger partial charge in [-0.15, -0.1) is 11.3 Å². The largest absolute Gasteiger partial charge is 0.460 e. The van der Waals surface area contributed by atoms with Crippen molar-refractivity contribution >= 4 is 17.3 Å². The molecular weight excluding hydrogens is 316 g/mol. The highest BCUT2D eigenvalue weighted by molar-refractivity contribution is 7.10. The minimum absolute atomic E-state index is 0.00291. The van der Waals surface area contributed by atoms with Crippen LogP contribution in [0.1, 0.15) is 44.1 Å². The van der Waals surface area contributed by atoms with Crippen molar-refractivity contribution in [3.8, 4) is 0 Å². The number of nitrogens with one attached hydrogen (secondary N) is 1. The number of hydrogen-bond acceptors (Lipinski definition) is 6. The van der Waals surface area contributed by atoms with Crippen molar-refractivity contribution in [1.29, 1.82) is 0 Å². The Morgan fingerprint density at radius 3 is 2.48 bits per heavy atom. The molecule has 0 aliphatic carbocycles. The van der Waals surface area contributed by atoms with Gasteiger partial charge in [-0.05, 0) is 51.6 Å². The summed E-state index contributed by atoms with van der Waals surface area (Å²) in [7, 11) is 0. The van der Waals surface area contributed by atoms with Crippen molar-refractivity contribution in [3.05, 3.63) is 54.7 Å². The predicted molar refractivity (Wildman–Crippen MR) is 88.6 cm³/mol. The maximum absolute atomic E-state index is 12.6. The molecule has 0 spiro atoms. The Labute approximate surface area is 139 Å². The lowest BCUT2D eigenvalue weighted by Crippen LogP contribution is -2.32. The van der Waals surface area contributed by atoms with Crippen LogP contribution in [0.2, 0.25) is 0 Å². The van der Waals surface area contributed by atoms with Gasteiger partial charge in [-0.3, -0.25) is 10.1 Å². The second-order valence-electron chi connectivity index (χ2n) is 5.79. The Hall–Kier alpha value is -2.15. The number of esters is 1. The lowest BCUT2D eigenvalue weighted by molar-refractivity contribution is -0.431. The Kier molecular flexibility index (Phi) is 4.89. The third-order valence-electron chi connectivity index (χ3n) is 3.65. The van der Waals surface area contributed by atoms with E-state index in [1.807, 2.05) is 18.4 Å². The molecule has 0 saturated carbocycles. The summed E-state index contributed by atoms with van der Waals surface area (Å²) in [4.78, 5) is 24.5. The number of allylic oxidation sites excluding steroid dienone is 3. The summed E-state index contributed by atoms with van der Waals surface area (Å²) in [6.45, 7) is 8.80. The summed E-state index contributed by atoms with van der Waals surface area (Å²) >= 11 is 1.41. The molecule has 1 N–H and O–H groups in total. The molecule has 1 aliphatic heterocycles. The molecule has 0 amide bonds. The van der Waals surface area contributed by atoms with Gasteiger partial charge in [0.05, 0.1) is 22.3 Å². The molecule has 0 fully saturated rings. The number of carbonyl (C=O) groups excluding carboxylic acids is 1. The Bertz CT molecular complexity index is 715. The third kappa shape index (κ3) is 3.29. The van der Waals surface area contributed by atoms with Crippen LogP contribution in [0, 0.1) is 17.0 Å². The molecule has 6 nitrogen and oxygen atoms in total. The van der Waals surface area contributed by atoms with E-state index in [2.05, 4.69) is 5.32 Å². The number of nitrogens with zero attached hydrogens (tertiary/aromatic N) is 1. The SMILES string of the molecule is CC1=C(C(=O)OC(C)C)C(c2sccc2C)C([N+](=O)[O-])=C(C)N1. The van der Waals surface area contributed by atoms with Crippen LogP contribution < -0.4 is 5.32 Å². The van der Waals surface area contributed by atoms with Gasteiger partial charge in [0.25, 0.3) is 5.70 Å². The van der Waals surface area contributed by atoms with Crippen molar-refractivity contribution in [1.82, 2.24) is 5.32 Å². The van der Waals surface area contributed by atoms with Crippen molar-refractivity contribution in [2.75, 3.05) is 0 Å². The molecule has 0 aromatic carbocycles. The van der Waals surface area contributed by atoms with Crippen LogP contribution >= 0.6 is 11.3 Å². The van der Waals surface area contributed by atoms with E-state index >= 15 is 0 Å². The van der Waals surface area contributed by atoms with Gasteiger partial charge in [0, 0.05) is 10.6 Å². The zero-order valence-corrected chi connectivity index (χ0v) is 14.6. The van der Waals surface area contributed by atoms with Gasteiger partial charge in [-0.2, -0.15) is 0 Å². The minimum atomic E-state index is -0.711. The topological polar surface area (TPSA) is 81.5 Å². The zero-order chi connectivity index (χ0) is 17.3. The molecule has 1 aromatic rings. The van der Waals surface area contributed by atoms with Crippen molar-refractivity contribution in [2.45, 2.75) is 46.6 Å². The van der Waals surface area contributed by atoms with Crippen molar-refractivity contribution < 1.29 is 14.5 Å².